The largest absolute Gasteiger partial charge is 0.255 e. The van der Waals surface area contributed by atoms with Crippen molar-refractivity contribution in [1.82, 2.24) is 35.6 Å². The second kappa shape index (κ2) is 5.53. The Kier molecular flexibility index (Phi) is 3.41. The summed E-state index contributed by atoms with van der Waals surface area (Å²) in [5.74, 6) is 1.19. The quantitative estimate of drug-likeness (QED) is 0.565. The number of tetrazole rings is 1. The van der Waals surface area contributed by atoms with Crippen molar-refractivity contribution in [2.24, 2.45) is 0 Å². The summed E-state index contributed by atoms with van der Waals surface area (Å²) in [5.41, 5.74) is 1.62. The monoisotopic (exact) mass is 271 g/mol. The third kappa shape index (κ3) is 2.91. The number of aromatic amines is 1. The lowest BCUT2D eigenvalue weighted by Gasteiger charge is -2.01. The van der Waals surface area contributed by atoms with E-state index in [2.05, 4.69) is 35.6 Å². The van der Waals surface area contributed by atoms with Gasteiger partial charge in [0.2, 0.25) is 0 Å². The zero-order valence-corrected chi connectivity index (χ0v) is 10.6. The molecule has 94 valence electrons. The fraction of sp³-hybridized carbons (Fsp3) is 0.0909. The van der Waals surface area contributed by atoms with Crippen LogP contribution < -0.4 is 0 Å². The molecule has 0 fully saturated rings. The van der Waals surface area contributed by atoms with Crippen LogP contribution in [0.5, 0.6) is 0 Å². The molecule has 0 aliphatic carbocycles. The topological polar surface area (TPSA) is 93.1 Å². The Morgan fingerprint density at radius 3 is 2.84 bits per heavy atom. The molecule has 0 bridgehead atoms. The molecule has 3 heterocycles. The van der Waals surface area contributed by atoms with Crippen LogP contribution in [0.15, 0.2) is 41.8 Å². The molecular weight excluding hydrogens is 262 g/mol. The maximum atomic E-state index is 4.45. The van der Waals surface area contributed by atoms with E-state index in [0.29, 0.717) is 16.7 Å². The van der Waals surface area contributed by atoms with Gasteiger partial charge in [-0.1, -0.05) is 23.0 Å². The minimum atomic E-state index is 0.572. The Balaban J connectivity index is 1.77. The number of nitrogens with zero attached hydrogens (tertiary/aromatic N) is 6. The van der Waals surface area contributed by atoms with E-state index >= 15 is 0 Å². The molecule has 0 aliphatic rings. The molecule has 3 rings (SSSR count). The van der Waals surface area contributed by atoms with Gasteiger partial charge in [-0.15, -0.1) is 10.2 Å². The summed E-state index contributed by atoms with van der Waals surface area (Å²) in [4.78, 5) is 12.9. The van der Waals surface area contributed by atoms with Crippen molar-refractivity contribution >= 4 is 11.8 Å². The molecule has 0 spiro atoms. The van der Waals surface area contributed by atoms with Gasteiger partial charge in [-0.25, -0.2) is 9.97 Å². The summed E-state index contributed by atoms with van der Waals surface area (Å²) >= 11 is 1.45. The summed E-state index contributed by atoms with van der Waals surface area (Å²) < 4.78 is 0. The molecule has 19 heavy (non-hydrogen) atoms. The zero-order chi connectivity index (χ0) is 12.9. The molecule has 0 unspecified atom stereocenters. The predicted octanol–water partition coefficient (Wildman–Crippen LogP) is 1.34. The lowest BCUT2D eigenvalue weighted by Crippen LogP contribution is -1.92. The van der Waals surface area contributed by atoms with Crippen LogP contribution in [-0.4, -0.2) is 35.6 Å². The third-order valence-corrected chi connectivity index (χ3v) is 3.14. The van der Waals surface area contributed by atoms with Crippen molar-refractivity contribution in [3.63, 3.8) is 0 Å². The lowest BCUT2D eigenvalue weighted by molar-refractivity contribution is 0.881. The highest BCUT2D eigenvalue weighted by Crippen LogP contribution is 2.20. The maximum Gasteiger partial charge on any atom is 0.188 e. The molecule has 3 aromatic heterocycles. The average molecular weight is 271 g/mol. The number of rotatable bonds is 4. The van der Waals surface area contributed by atoms with Gasteiger partial charge in [-0.3, -0.25) is 4.98 Å². The van der Waals surface area contributed by atoms with Gasteiger partial charge in [0.1, 0.15) is 0 Å². The summed E-state index contributed by atoms with van der Waals surface area (Å²) in [6.07, 6.45) is 3.46. The van der Waals surface area contributed by atoms with Gasteiger partial charge >= 0.3 is 0 Å². The highest BCUT2D eigenvalue weighted by molar-refractivity contribution is 7.98. The number of nitrogens with one attached hydrogen (secondary N) is 1. The predicted molar refractivity (Wildman–Crippen MR) is 69.0 cm³/mol. The Labute approximate surface area is 112 Å². The van der Waals surface area contributed by atoms with Gasteiger partial charge in [-0.2, -0.15) is 5.21 Å². The molecule has 7 nitrogen and oxygen atoms in total. The van der Waals surface area contributed by atoms with E-state index in [4.69, 9.17) is 0 Å². The van der Waals surface area contributed by atoms with Crippen molar-refractivity contribution in [1.29, 1.82) is 0 Å². The number of H-pyrrole nitrogens is 1. The van der Waals surface area contributed by atoms with Crippen molar-refractivity contribution < 1.29 is 0 Å². The van der Waals surface area contributed by atoms with Crippen molar-refractivity contribution in [3.8, 4) is 11.4 Å². The number of pyridine rings is 1. The SMILES string of the molecule is c1ccc(-c2ccnc(SCc3nn[nH]n3)n2)nc1. The van der Waals surface area contributed by atoms with Gasteiger partial charge in [0.15, 0.2) is 11.0 Å². The molecule has 8 heteroatoms. The van der Waals surface area contributed by atoms with E-state index in [9.17, 15) is 0 Å². The van der Waals surface area contributed by atoms with E-state index in [0.717, 1.165) is 11.4 Å². The third-order valence-electron chi connectivity index (χ3n) is 2.28. The smallest absolute Gasteiger partial charge is 0.188 e. The Morgan fingerprint density at radius 1 is 1.05 bits per heavy atom. The van der Waals surface area contributed by atoms with E-state index in [1.807, 2.05) is 24.3 Å². The summed E-state index contributed by atoms with van der Waals surface area (Å²) in [5, 5.41) is 14.3. The first-order chi connectivity index (χ1) is 9.42. The van der Waals surface area contributed by atoms with Crippen LogP contribution in [0.25, 0.3) is 11.4 Å². The molecule has 0 amide bonds. The van der Waals surface area contributed by atoms with Gasteiger partial charge in [0, 0.05) is 12.4 Å². The normalized spacial score (nSPS) is 10.5. The summed E-state index contributed by atoms with van der Waals surface area (Å²) in [7, 11) is 0. The van der Waals surface area contributed by atoms with Crippen LogP contribution >= 0.6 is 11.8 Å². The fourth-order valence-corrected chi connectivity index (χ4v) is 2.12. The van der Waals surface area contributed by atoms with Crippen molar-refractivity contribution in [2.75, 3.05) is 0 Å². The molecule has 0 saturated heterocycles. The second-order valence-corrected chi connectivity index (χ2v) is 4.50. The average Bonchev–Trinajstić information content (AvgIpc) is 3.00. The molecule has 0 saturated carbocycles. The van der Waals surface area contributed by atoms with E-state index < -0.39 is 0 Å². The van der Waals surface area contributed by atoms with Gasteiger partial charge in [0.05, 0.1) is 17.1 Å². The Hall–Kier alpha value is -2.35. The van der Waals surface area contributed by atoms with Gasteiger partial charge in [0.25, 0.3) is 0 Å². The van der Waals surface area contributed by atoms with E-state index in [-0.39, 0.29) is 0 Å². The minimum Gasteiger partial charge on any atom is -0.255 e. The molecule has 0 radical (unpaired) electrons. The first-order valence-electron chi connectivity index (χ1n) is 5.51. The van der Waals surface area contributed by atoms with Crippen molar-refractivity contribution in [3.05, 3.63) is 42.5 Å². The van der Waals surface area contributed by atoms with Crippen LogP contribution in [0.1, 0.15) is 5.82 Å². The molecule has 0 atom stereocenters. The standard InChI is InChI=1S/C11H9N7S/c1-2-5-12-8(3-1)9-4-6-13-11(14-9)19-7-10-15-17-18-16-10/h1-6H,7H2,(H,15,16,17,18). The maximum absolute atomic E-state index is 4.45. The first kappa shape index (κ1) is 11.7. The van der Waals surface area contributed by atoms with Crippen molar-refractivity contribution in [2.45, 2.75) is 10.9 Å². The molecular formula is C11H9N7S. The summed E-state index contributed by atoms with van der Waals surface area (Å²) in [6, 6.07) is 7.55. The zero-order valence-electron chi connectivity index (χ0n) is 9.76. The number of hydrogen-bond donors (Lipinski definition) is 1. The number of aromatic nitrogens is 7. The van der Waals surface area contributed by atoms with Crippen LogP contribution in [-0.2, 0) is 5.75 Å². The first-order valence-corrected chi connectivity index (χ1v) is 6.50. The van der Waals surface area contributed by atoms with E-state index in [1.165, 1.54) is 11.8 Å². The number of hydrogen-bond acceptors (Lipinski definition) is 7. The second-order valence-electron chi connectivity index (χ2n) is 3.56. The summed E-state index contributed by atoms with van der Waals surface area (Å²) in [6.45, 7) is 0. The molecule has 0 aliphatic heterocycles. The lowest BCUT2D eigenvalue weighted by atomic mass is 10.3. The van der Waals surface area contributed by atoms with Gasteiger partial charge in [-0.05, 0) is 18.2 Å². The van der Waals surface area contributed by atoms with Crippen LogP contribution in [0.2, 0.25) is 0 Å². The van der Waals surface area contributed by atoms with Crippen LogP contribution in [0.4, 0.5) is 0 Å². The van der Waals surface area contributed by atoms with Crippen LogP contribution in [0, 0.1) is 0 Å². The Morgan fingerprint density at radius 2 is 2.05 bits per heavy atom. The molecule has 0 aromatic carbocycles. The highest BCUT2D eigenvalue weighted by Gasteiger charge is 2.05. The molecule has 3 aromatic rings. The molecule has 1 N–H and O–H groups in total. The Bertz CT molecular complexity index is 641. The fourth-order valence-electron chi connectivity index (χ4n) is 1.44. The minimum absolute atomic E-state index is 0.572. The van der Waals surface area contributed by atoms with Crippen LogP contribution in [0.3, 0.4) is 0 Å². The number of thioether (sulfide) groups is 1. The van der Waals surface area contributed by atoms with Gasteiger partial charge < -0.3 is 0 Å². The highest BCUT2D eigenvalue weighted by atomic mass is 32.2. The van der Waals surface area contributed by atoms with E-state index in [1.54, 1.807) is 12.4 Å².